The van der Waals surface area contributed by atoms with Gasteiger partial charge < -0.3 is 14.9 Å². The van der Waals surface area contributed by atoms with Crippen molar-refractivity contribution in [3.8, 4) is 0 Å². The lowest BCUT2D eigenvalue weighted by molar-refractivity contribution is -0.143. The monoisotopic (exact) mass is 330 g/mol. The minimum Gasteiger partial charge on any atom is -0.466 e. The molecule has 4 nitrogen and oxygen atoms in total. The van der Waals surface area contributed by atoms with E-state index in [4.69, 9.17) is 4.74 Å². The van der Waals surface area contributed by atoms with E-state index in [1.54, 1.807) is 6.92 Å². The minimum absolute atomic E-state index is 0.226. The lowest BCUT2D eigenvalue weighted by Crippen LogP contribution is -2.33. The molecule has 0 aromatic carbocycles. The summed E-state index contributed by atoms with van der Waals surface area (Å²) in [7, 11) is 0. The molecule has 0 spiro atoms. The molecule has 23 heavy (non-hydrogen) atoms. The molecule has 0 saturated carbocycles. The Morgan fingerprint density at radius 2 is 1.39 bits per heavy atom. The summed E-state index contributed by atoms with van der Waals surface area (Å²) in [5.74, 6) is -0.226. The molecule has 1 atom stereocenters. The largest absolute Gasteiger partial charge is 0.466 e. The number of rotatable bonds is 16. The Balaban J connectivity index is 3.64. The Kier molecular flexibility index (Phi) is 14.6. The van der Waals surface area contributed by atoms with Gasteiger partial charge in [-0.05, 0) is 26.2 Å². The van der Waals surface area contributed by atoms with E-state index in [9.17, 15) is 15.0 Å². The highest BCUT2D eigenvalue weighted by Gasteiger charge is 2.25. The van der Waals surface area contributed by atoms with E-state index < -0.39 is 5.60 Å². The van der Waals surface area contributed by atoms with Gasteiger partial charge >= 0.3 is 5.97 Å². The predicted molar refractivity (Wildman–Crippen MR) is 94.4 cm³/mol. The molecule has 0 amide bonds. The van der Waals surface area contributed by atoms with Crippen LogP contribution in [0.15, 0.2) is 0 Å². The lowest BCUT2D eigenvalue weighted by atomic mass is 9.91. The summed E-state index contributed by atoms with van der Waals surface area (Å²) >= 11 is 0. The van der Waals surface area contributed by atoms with Crippen LogP contribution in [-0.2, 0) is 9.53 Å². The van der Waals surface area contributed by atoms with Gasteiger partial charge in [-0.2, -0.15) is 0 Å². The van der Waals surface area contributed by atoms with Crippen LogP contribution in [0, 0.1) is 0 Å². The van der Waals surface area contributed by atoms with E-state index in [2.05, 4.69) is 6.92 Å². The first-order valence-corrected chi connectivity index (χ1v) is 9.57. The Bertz CT molecular complexity index is 281. The number of carbonyl (C=O) groups is 1. The number of esters is 1. The Labute approximate surface area is 142 Å². The summed E-state index contributed by atoms with van der Waals surface area (Å²) in [5, 5.41) is 19.8. The van der Waals surface area contributed by atoms with Gasteiger partial charge in [0, 0.05) is 6.42 Å². The third kappa shape index (κ3) is 13.5. The summed E-state index contributed by atoms with van der Waals surface area (Å²) in [6.07, 6.45) is 13.1. The first-order valence-electron chi connectivity index (χ1n) is 9.57. The van der Waals surface area contributed by atoms with Crippen molar-refractivity contribution in [3.63, 3.8) is 0 Å². The zero-order chi connectivity index (χ0) is 17.4. The van der Waals surface area contributed by atoms with Crippen LogP contribution in [0.2, 0.25) is 0 Å². The van der Waals surface area contributed by atoms with Gasteiger partial charge in [0.05, 0.1) is 18.8 Å². The lowest BCUT2D eigenvalue weighted by Gasteiger charge is -2.25. The average molecular weight is 331 g/mol. The van der Waals surface area contributed by atoms with E-state index in [-0.39, 0.29) is 12.6 Å². The molecule has 0 aliphatic carbocycles. The van der Waals surface area contributed by atoms with Gasteiger partial charge in [0.15, 0.2) is 0 Å². The Morgan fingerprint density at radius 3 is 1.91 bits per heavy atom. The van der Waals surface area contributed by atoms with E-state index in [1.807, 2.05) is 0 Å². The first-order chi connectivity index (χ1) is 11.1. The molecule has 0 fully saturated rings. The number of aliphatic hydroxyl groups excluding tert-OH is 1. The smallest absolute Gasteiger partial charge is 0.305 e. The third-order valence-corrected chi connectivity index (χ3v) is 4.37. The molecule has 0 aliphatic heterocycles. The van der Waals surface area contributed by atoms with Crippen molar-refractivity contribution in [1.82, 2.24) is 0 Å². The van der Waals surface area contributed by atoms with Crippen LogP contribution in [0.25, 0.3) is 0 Å². The molecule has 0 heterocycles. The maximum Gasteiger partial charge on any atom is 0.305 e. The predicted octanol–water partition coefficient (Wildman–Crippen LogP) is 4.36. The highest BCUT2D eigenvalue weighted by Crippen LogP contribution is 2.22. The molecule has 138 valence electrons. The Morgan fingerprint density at radius 1 is 0.870 bits per heavy atom. The number of unbranched alkanes of at least 4 members (excludes halogenated alkanes) is 8. The van der Waals surface area contributed by atoms with Crippen molar-refractivity contribution in [3.05, 3.63) is 0 Å². The van der Waals surface area contributed by atoms with Crippen LogP contribution in [0.3, 0.4) is 0 Å². The van der Waals surface area contributed by atoms with Crippen molar-refractivity contribution < 1.29 is 19.7 Å². The van der Waals surface area contributed by atoms with Crippen LogP contribution in [0.5, 0.6) is 0 Å². The molecule has 0 aromatic rings. The van der Waals surface area contributed by atoms with E-state index in [0.29, 0.717) is 32.3 Å². The van der Waals surface area contributed by atoms with Gasteiger partial charge in [-0.3, -0.25) is 4.79 Å². The molecule has 0 unspecified atom stereocenters. The fourth-order valence-electron chi connectivity index (χ4n) is 2.84. The molecule has 0 bridgehead atoms. The van der Waals surface area contributed by atoms with Crippen LogP contribution in [-0.4, -0.2) is 35.0 Å². The standard InChI is InChI=1S/C19H38O4/c1-3-5-6-7-8-9-10-11-12-15-19(22,17-20)16-13-14-18(21)23-4-2/h20,22H,3-17H2,1-2H3/t19-/m1/s1. The minimum atomic E-state index is -1.03. The maximum atomic E-state index is 11.3. The number of carbonyl (C=O) groups excluding carboxylic acids is 1. The van der Waals surface area contributed by atoms with Crippen LogP contribution in [0.4, 0.5) is 0 Å². The molecule has 4 heteroatoms. The average Bonchev–Trinajstić information content (AvgIpc) is 2.53. The SMILES string of the molecule is CCCCCCCCCCC[C@](O)(CO)CCCC(=O)OCC. The van der Waals surface area contributed by atoms with Crippen molar-refractivity contribution in [2.75, 3.05) is 13.2 Å². The summed E-state index contributed by atoms with van der Waals surface area (Å²) < 4.78 is 4.87. The second-order valence-electron chi connectivity index (χ2n) is 6.62. The molecule has 2 N–H and O–H groups in total. The molecule has 0 aromatic heterocycles. The van der Waals surface area contributed by atoms with Gasteiger partial charge in [0.2, 0.25) is 0 Å². The Hall–Kier alpha value is -0.610. The molecule has 0 radical (unpaired) electrons. The van der Waals surface area contributed by atoms with Crippen molar-refractivity contribution in [2.45, 2.75) is 103 Å². The summed E-state index contributed by atoms with van der Waals surface area (Å²) in [6, 6.07) is 0. The second-order valence-corrected chi connectivity index (χ2v) is 6.62. The molecule has 0 saturated heterocycles. The maximum absolute atomic E-state index is 11.3. The fourth-order valence-corrected chi connectivity index (χ4v) is 2.84. The van der Waals surface area contributed by atoms with Crippen molar-refractivity contribution >= 4 is 5.97 Å². The highest BCUT2D eigenvalue weighted by atomic mass is 16.5. The summed E-state index contributed by atoms with van der Waals surface area (Å²) in [6.45, 7) is 4.18. The number of hydrogen-bond donors (Lipinski definition) is 2. The summed E-state index contributed by atoms with van der Waals surface area (Å²) in [5.41, 5.74) is -1.03. The van der Waals surface area contributed by atoms with E-state index in [1.165, 1.54) is 44.9 Å². The first kappa shape index (κ1) is 22.4. The number of ether oxygens (including phenoxy) is 1. The topological polar surface area (TPSA) is 66.8 Å². The molecular weight excluding hydrogens is 292 g/mol. The van der Waals surface area contributed by atoms with Crippen LogP contribution in [0.1, 0.15) is 97.3 Å². The third-order valence-electron chi connectivity index (χ3n) is 4.37. The van der Waals surface area contributed by atoms with Crippen molar-refractivity contribution in [2.24, 2.45) is 0 Å². The normalized spacial score (nSPS) is 13.7. The van der Waals surface area contributed by atoms with Gasteiger partial charge in [0.1, 0.15) is 0 Å². The van der Waals surface area contributed by atoms with Gasteiger partial charge in [-0.1, -0.05) is 64.7 Å². The second kappa shape index (κ2) is 14.9. The summed E-state index contributed by atoms with van der Waals surface area (Å²) in [4.78, 5) is 11.3. The molecular formula is C19H38O4. The number of hydrogen-bond acceptors (Lipinski definition) is 4. The zero-order valence-corrected chi connectivity index (χ0v) is 15.3. The number of aliphatic hydroxyl groups is 2. The zero-order valence-electron chi connectivity index (χ0n) is 15.3. The van der Waals surface area contributed by atoms with E-state index in [0.717, 1.165) is 12.8 Å². The highest BCUT2D eigenvalue weighted by molar-refractivity contribution is 5.69. The molecule has 0 rings (SSSR count). The fraction of sp³-hybridized carbons (Fsp3) is 0.947. The quantitative estimate of drug-likeness (QED) is 0.326. The molecule has 0 aliphatic rings. The van der Waals surface area contributed by atoms with E-state index >= 15 is 0 Å². The van der Waals surface area contributed by atoms with Gasteiger partial charge in [-0.15, -0.1) is 0 Å². The van der Waals surface area contributed by atoms with Gasteiger partial charge in [0.25, 0.3) is 0 Å². The van der Waals surface area contributed by atoms with Gasteiger partial charge in [-0.25, -0.2) is 0 Å². The van der Waals surface area contributed by atoms with Crippen molar-refractivity contribution in [1.29, 1.82) is 0 Å². The van der Waals surface area contributed by atoms with Crippen LogP contribution >= 0.6 is 0 Å². The van der Waals surface area contributed by atoms with Crippen LogP contribution < -0.4 is 0 Å².